The lowest BCUT2D eigenvalue weighted by Gasteiger charge is -2.26. The van der Waals surface area contributed by atoms with Crippen LogP contribution >= 0.6 is 11.6 Å². The second-order valence-electron chi connectivity index (χ2n) is 7.88. The zero-order valence-corrected chi connectivity index (χ0v) is 19.5. The van der Waals surface area contributed by atoms with Crippen molar-refractivity contribution in [2.24, 2.45) is 0 Å². The van der Waals surface area contributed by atoms with Crippen molar-refractivity contribution in [3.05, 3.63) is 47.3 Å². The second kappa shape index (κ2) is 9.09. The molecule has 32 heavy (non-hydrogen) atoms. The topological polar surface area (TPSA) is 105 Å². The maximum Gasteiger partial charge on any atom is 0.246 e. The van der Waals surface area contributed by atoms with Crippen LogP contribution in [0.3, 0.4) is 0 Å². The van der Waals surface area contributed by atoms with Gasteiger partial charge in [0.15, 0.2) is 11.5 Å². The highest BCUT2D eigenvalue weighted by Crippen LogP contribution is 2.28. The Bertz CT molecular complexity index is 1250. The van der Waals surface area contributed by atoms with E-state index in [4.69, 9.17) is 16.0 Å². The number of benzene rings is 2. The highest BCUT2D eigenvalue weighted by atomic mass is 35.5. The van der Waals surface area contributed by atoms with E-state index in [9.17, 15) is 13.2 Å². The Morgan fingerprint density at radius 1 is 1.16 bits per heavy atom. The third-order valence-corrected chi connectivity index (χ3v) is 7.64. The Balaban J connectivity index is 1.48. The van der Waals surface area contributed by atoms with Gasteiger partial charge in [-0.2, -0.15) is 4.31 Å². The van der Waals surface area contributed by atoms with Crippen LogP contribution in [0.2, 0.25) is 5.02 Å². The first kappa shape index (κ1) is 22.6. The SMILES string of the molecule is Cc1nc2cc(N[C@H](C)C(=O)Nc3cc(S(=O)(=O)N4CCCCC4)ccc3Cl)ccc2o1. The number of nitrogens with zero attached hydrogens (tertiary/aromatic N) is 2. The van der Waals surface area contributed by atoms with E-state index in [1.807, 2.05) is 0 Å². The average Bonchev–Trinajstić information content (AvgIpc) is 3.15. The van der Waals surface area contributed by atoms with Gasteiger partial charge in [0.05, 0.1) is 15.6 Å². The molecule has 8 nitrogen and oxygen atoms in total. The number of rotatable bonds is 6. The molecule has 2 N–H and O–H groups in total. The Morgan fingerprint density at radius 3 is 2.66 bits per heavy atom. The van der Waals surface area contributed by atoms with Gasteiger partial charge in [0.25, 0.3) is 0 Å². The highest BCUT2D eigenvalue weighted by Gasteiger charge is 2.27. The Labute approximate surface area is 192 Å². The molecule has 170 valence electrons. The second-order valence-corrected chi connectivity index (χ2v) is 10.2. The third-order valence-electron chi connectivity index (χ3n) is 5.42. The molecule has 1 atom stereocenters. The fourth-order valence-electron chi connectivity index (χ4n) is 3.70. The van der Waals surface area contributed by atoms with Gasteiger partial charge >= 0.3 is 0 Å². The fraction of sp³-hybridized carbons (Fsp3) is 0.364. The van der Waals surface area contributed by atoms with Gasteiger partial charge in [-0.3, -0.25) is 4.79 Å². The van der Waals surface area contributed by atoms with E-state index in [1.165, 1.54) is 22.5 Å². The summed E-state index contributed by atoms with van der Waals surface area (Å²) < 4.78 is 32.9. The smallest absolute Gasteiger partial charge is 0.246 e. The van der Waals surface area contributed by atoms with Crippen LogP contribution in [0, 0.1) is 6.92 Å². The molecule has 0 aliphatic carbocycles. The Kier molecular flexibility index (Phi) is 6.41. The summed E-state index contributed by atoms with van der Waals surface area (Å²) in [6, 6.07) is 9.16. The first-order valence-corrected chi connectivity index (χ1v) is 12.3. The average molecular weight is 477 g/mol. The van der Waals surface area contributed by atoms with Crippen molar-refractivity contribution in [2.75, 3.05) is 23.7 Å². The fourth-order valence-corrected chi connectivity index (χ4v) is 5.41. The first-order valence-electron chi connectivity index (χ1n) is 10.5. The zero-order valence-electron chi connectivity index (χ0n) is 17.9. The van der Waals surface area contributed by atoms with Gasteiger partial charge in [0.2, 0.25) is 15.9 Å². The zero-order chi connectivity index (χ0) is 22.9. The van der Waals surface area contributed by atoms with E-state index in [2.05, 4.69) is 15.6 Å². The number of aromatic nitrogens is 1. The van der Waals surface area contributed by atoms with E-state index in [1.54, 1.807) is 32.0 Å². The van der Waals surface area contributed by atoms with Gasteiger partial charge in [0, 0.05) is 25.7 Å². The van der Waals surface area contributed by atoms with Crippen LogP contribution in [0.25, 0.3) is 11.1 Å². The molecular formula is C22H25ClN4O4S. The molecule has 0 spiro atoms. The van der Waals surface area contributed by atoms with Crippen molar-refractivity contribution in [1.82, 2.24) is 9.29 Å². The molecule has 0 saturated carbocycles. The lowest BCUT2D eigenvalue weighted by atomic mass is 10.2. The molecule has 0 radical (unpaired) electrons. The van der Waals surface area contributed by atoms with E-state index in [0.717, 1.165) is 19.3 Å². The molecule has 2 heterocycles. The largest absolute Gasteiger partial charge is 0.441 e. The molecule has 1 saturated heterocycles. The number of nitrogens with one attached hydrogen (secondary N) is 2. The van der Waals surface area contributed by atoms with Crippen molar-refractivity contribution in [1.29, 1.82) is 0 Å². The summed E-state index contributed by atoms with van der Waals surface area (Å²) >= 11 is 6.25. The Hall–Kier alpha value is -2.62. The molecule has 1 aromatic heterocycles. The summed E-state index contributed by atoms with van der Waals surface area (Å²) in [4.78, 5) is 17.2. The van der Waals surface area contributed by atoms with Crippen LogP contribution < -0.4 is 10.6 Å². The molecule has 4 rings (SSSR count). The summed E-state index contributed by atoms with van der Waals surface area (Å²) in [6.45, 7) is 4.48. The molecule has 1 amide bonds. The van der Waals surface area contributed by atoms with Crippen LogP contribution in [-0.2, 0) is 14.8 Å². The standard InChI is InChI=1S/C22H25ClN4O4S/c1-14(24-16-6-9-21-20(12-16)25-15(2)31-21)22(28)26-19-13-17(7-8-18(19)23)32(29,30)27-10-4-3-5-11-27/h6-9,12-14,24H,3-5,10-11H2,1-2H3,(H,26,28)/t14-/m1/s1. The minimum Gasteiger partial charge on any atom is -0.441 e. The van der Waals surface area contributed by atoms with Crippen LogP contribution in [-0.4, -0.2) is 42.7 Å². The quantitative estimate of drug-likeness (QED) is 0.546. The Morgan fingerprint density at radius 2 is 1.91 bits per heavy atom. The van der Waals surface area contributed by atoms with Gasteiger partial charge in [-0.25, -0.2) is 13.4 Å². The molecule has 10 heteroatoms. The van der Waals surface area contributed by atoms with Crippen LogP contribution in [0.15, 0.2) is 45.7 Å². The van der Waals surface area contributed by atoms with E-state index in [-0.39, 0.29) is 21.5 Å². The number of piperidine rings is 1. The number of amides is 1. The molecule has 2 aromatic carbocycles. The normalized spacial score (nSPS) is 16.1. The maximum absolute atomic E-state index is 13.0. The van der Waals surface area contributed by atoms with Gasteiger partial charge in [-0.1, -0.05) is 18.0 Å². The van der Waals surface area contributed by atoms with E-state index in [0.29, 0.717) is 35.8 Å². The lowest BCUT2D eigenvalue weighted by Crippen LogP contribution is -2.35. The summed E-state index contributed by atoms with van der Waals surface area (Å²) in [6.07, 6.45) is 2.72. The summed E-state index contributed by atoms with van der Waals surface area (Å²) in [5.41, 5.74) is 2.33. The minimum atomic E-state index is -3.63. The van der Waals surface area contributed by atoms with Crippen molar-refractivity contribution in [3.8, 4) is 0 Å². The van der Waals surface area contributed by atoms with Crippen LogP contribution in [0.4, 0.5) is 11.4 Å². The first-order chi connectivity index (χ1) is 15.2. The van der Waals surface area contributed by atoms with Gasteiger partial charge in [-0.15, -0.1) is 0 Å². The number of carbonyl (C=O) groups is 1. The number of halogens is 1. The molecule has 0 unspecified atom stereocenters. The third kappa shape index (κ3) is 4.74. The van der Waals surface area contributed by atoms with E-state index < -0.39 is 16.1 Å². The van der Waals surface area contributed by atoms with Gasteiger partial charge < -0.3 is 15.1 Å². The predicted octanol–water partition coefficient (Wildman–Crippen LogP) is 4.40. The number of carbonyl (C=O) groups excluding carboxylic acids is 1. The predicted molar refractivity (Wildman–Crippen MR) is 125 cm³/mol. The number of hydrogen-bond acceptors (Lipinski definition) is 6. The molecule has 1 aliphatic rings. The summed E-state index contributed by atoms with van der Waals surface area (Å²) in [7, 11) is -3.63. The van der Waals surface area contributed by atoms with Crippen molar-refractivity contribution in [2.45, 2.75) is 44.0 Å². The van der Waals surface area contributed by atoms with Gasteiger partial charge in [-0.05, 0) is 56.2 Å². The maximum atomic E-state index is 13.0. The van der Waals surface area contributed by atoms with Crippen molar-refractivity contribution in [3.63, 3.8) is 0 Å². The van der Waals surface area contributed by atoms with Crippen molar-refractivity contribution < 1.29 is 17.6 Å². The van der Waals surface area contributed by atoms with Crippen molar-refractivity contribution >= 4 is 50.0 Å². The van der Waals surface area contributed by atoms with Gasteiger partial charge in [0.1, 0.15) is 11.6 Å². The number of fused-ring (bicyclic) bond motifs is 1. The van der Waals surface area contributed by atoms with Crippen LogP contribution in [0.1, 0.15) is 32.1 Å². The molecule has 1 fully saturated rings. The summed E-state index contributed by atoms with van der Waals surface area (Å²) in [5.74, 6) is 0.216. The number of anilines is 2. The molecule has 1 aliphatic heterocycles. The number of oxazole rings is 1. The highest BCUT2D eigenvalue weighted by molar-refractivity contribution is 7.89. The van der Waals surface area contributed by atoms with Crippen LogP contribution in [0.5, 0.6) is 0 Å². The number of sulfonamides is 1. The lowest BCUT2D eigenvalue weighted by molar-refractivity contribution is -0.116. The minimum absolute atomic E-state index is 0.117. The van der Waals surface area contributed by atoms with E-state index >= 15 is 0 Å². The number of aryl methyl sites for hydroxylation is 1. The molecule has 0 bridgehead atoms. The molecule has 3 aromatic rings. The monoisotopic (exact) mass is 476 g/mol. The number of hydrogen-bond donors (Lipinski definition) is 2. The molecular weight excluding hydrogens is 452 g/mol. The summed E-state index contributed by atoms with van der Waals surface area (Å²) in [5, 5.41) is 6.12.